The molecule has 1 aliphatic rings. The van der Waals surface area contributed by atoms with E-state index in [-0.39, 0.29) is 5.54 Å². The Kier molecular flexibility index (Phi) is 3.05. The van der Waals surface area contributed by atoms with Crippen molar-refractivity contribution < 1.29 is 0 Å². The van der Waals surface area contributed by atoms with Crippen molar-refractivity contribution in [3.63, 3.8) is 0 Å². The van der Waals surface area contributed by atoms with Crippen LogP contribution in [0.1, 0.15) is 32.3 Å². The second-order valence-electron chi connectivity index (χ2n) is 7.59. The molecular formula is C20H24N2. The Hall–Kier alpha value is -1.80. The zero-order valence-electron chi connectivity index (χ0n) is 13.5. The van der Waals surface area contributed by atoms with Gasteiger partial charge in [-0.3, -0.25) is 0 Å². The van der Waals surface area contributed by atoms with Crippen LogP contribution < -0.4 is 5.73 Å². The molecule has 2 nitrogen and oxygen atoms in total. The minimum atomic E-state index is -0.167. The number of hydrogen-bond donors (Lipinski definition) is 1. The number of rotatable bonds is 4. The van der Waals surface area contributed by atoms with E-state index in [1.165, 1.54) is 40.2 Å². The van der Waals surface area contributed by atoms with Crippen molar-refractivity contribution in [2.75, 3.05) is 0 Å². The van der Waals surface area contributed by atoms with Gasteiger partial charge in [0.2, 0.25) is 0 Å². The fourth-order valence-electron chi connectivity index (χ4n) is 3.49. The first kappa shape index (κ1) is 13.8. The molecule has 0 bridgehead atoms. The molecule has 1 heterocycles. The highest BCUT2D eigenvalue weighted by atomic mass is 15.0. The molecule has 0 saturated heterocycles. The molecule has 114 valence electrons. The Labute approximate surface area is 131 Å². The van der Waals surface area contributed by atoms with E-state index in [0.717, 1.165) is 18.9 Å². The third kappa shape index (κ3) is 2.52. The number of benzene rings is 2. The Morgan fingerprint density at radius 1 is 1.05 bits per heavy atom. The molecule has 1 fully saturated rings. The maximum atomic E-state index is 6.20. The average molecular weight is 292 g/mol. The van der Waals surface area contributed by atoms with Crippen molar-refractivity contribution in [1.82, 2.24) is 4.57 Å². The van der Waals surface area contributed by atoms with E-state index in [1.54, 1.807) is 0 Å². The summed E-state index contributed by atoms with van der Waals surface area (Å²) in [6.07, 6.45) is 3.67. The summed E-state index contributed by atoms with van der Waals surface area (Å²) in [5, 5.41) is 2.74. The highest BCUT2D eigenvalue weighted by Gasteiger charge is 2.24. The van der Waals surface area contributed by atoms with E-state index in [4.69, 9.17) is 5.73 Å². The number of aromatic nitrogens is 1. The predicted molar refractivity (Wildman–Crippen MR) is 94.1 cm³/mol. The summed E-state index contributed by atoms with van der Waals surface area (Å²) in [7, 11) is 0. The maximum absolute atomic E-state index is 6.20. The third-order valence-electron chi connectivity index (χ3n) is 4.63. The van der Waals surface area contributed by atoms with E-state index >= 15 is 0 Å². The first-order valence-corrected chi connectivity index (χ1v) is 8.30. The lowest BCUT2D eigenvalue weighted by molar-refractivity contribution is 0.517. The van der Waals surface area contributed by atoms with Gasteiger partial charge in [-0.15, -0.1) is 0 Å². The highest BCUT2D eigenvalue weighted by Crippen LogP contribution is 2.36. The summed E-state index contributed by atoms with van der Waals surface area (Å²) < 4.78 is 2.51. The SMILES string of the molecule is CC(C)(N)Cc1ccc2c(c1)c1ccccc1n2CC1CC1. The van der Waals surface area contributed by atoms with Crippen LogP contribution in [-0.2, 0) is 13.0 Å². The minimum Gasteiger partial charge on any atom is -0.340 e. The van der Waals surface area contributed by atoms with Crippen LogP contribution in [-0.4, -0.2) is 10.1 Å². The van der Waals surface area contributed by atoms with Crippen molar-refractivity contribution in [2.45, 2.75) is 45.2 Å². The largest absolute Gasteiger partial charge is 0.340 e. The number of fused-ring (bicyclic) bond motifs is 3. The van der Waals surface area contributed by atoms with Crippen LogP contribution in [0.2, 0.25) is 0 Å². The lowest BCUT2D eigenvalue weighted by Gasteiger charge is -2.18. The molecule has 1 aliphatic carbocycles. The van der Waals surface area contributed by atoms with Gasteiger partial charge in [0.15, 0.2) is 0 Å². The zero-order chi connectivity index (χ0) is 15.3. The average Bonchev–Trinajstić information content (AvgIpc) is 3.22. The first-order valence-electron chi connectivity index (χ1n) is 8.30. The van der Waals surface area contributed by atoms with Crippen LogP contribution >= 0.6 is 0 Å². The molecule has 0 radical (unpaired) electrons. The van der Waals surface area contributed by atoms with Crippen LogP contribution in [0.5, 0.6) is 0 Å². The fourth-order valence-corrected chi connectivity index (χ4v) is 3.49. The van der Waals surface area contributed by atoms with E-state index in [2.05, 4.69) is 60.9 Å². The van der Waals surface area contributed by atoms with Crippen molar-refractivity contribution in [1.29, 1.82) is 0 Å². The standard InChI is InChI=1S/C20H24N2/c1-20(2,21)12-15-9-10-19-17(11-15)16-5-3-4-6-18(16)22(19)13-14-7-8-14/h3-6,9-11,14H,7-8,12-13,21H2,1-2H3. The van der Waals surface area contributed by atoms with Gasteiger partial charge >= 0.3 is 0 Å². The molecule has 2 heteroatoms. The number of hydrogen-bond acceptors (Lipinski definition) is 1. The van der Waals surface area contributed by atoms with Crippen LogP contribution in [0.25, 0.3) is 21.8 Å². The molecule has 0 aliphatic heterocycles. The van der Waals surface area contributed by atoms with Crippen LogP contribution in [0, 0.1) is 5.92 Å². The molecule has 2 N–H and O–H groups in total. The fraction of sp³-hybridized carbons (Fsp3) is 0.400. The molecule has 0 unspecified atom stereocenters. The molecular weight excluding hydrogens is 268 g/mol. The lowest BCUT2D eigenvalue weighted by Crippen LogP contribution is -2.34. The highest BCUT2D eigenvalue weighted by molar-refractivity contribution is 6.08. The first-order chi connectivity index (χ1) is 10.5. The van der Waals surface area contributed by atoms with Crippen LogP contribution in [0.4, 0.5) is 0 Å². The normalized spacial score (nSPS) is 15.8. The quantitative estimate of drug-likeness (QED) is 0.755. The summed E-state index contributed by atoms with van der Waals surface area (Å²) in [6, 6.07) is 15.7. The van der Waals surface area contributed by atoms with Crippen molar-refractivity contribution in [2.24, 2.45) is 11.7 Å². The molecule has 22 heavy (non-hydrogen) atoms. The van der Waals surface area contributed by atoms with Crippen LogP contribution in [0.3, 0.4) is 0 Å². The van der Waals surface area contributed by atoms with Crippen molar-refractivity contribution in [3.05, 3.63) is 48.0 Å². The maximum Gasteiger partial charge on any atom is 0.0491 e. The van der Waals surface area contributed by atoms with E-state index in [0.29, 0.717) is 0 Å². The zero-order valence-corrected chi connectivity index (χ0v) is 13.5. The minimum absolute atomic E-state index is 0.167. The van der Waals surface area contributed by atoms with Gasteiger partial charge in [0, 0.05) is 33.9 Å². The molecule has 3 aromatic rings. The molecule has 0 amide bonds. The molecule has 4 rings (SSSR count). The lowest BCUT2D eigenvalue weighted by atomic mass is 9.95. The van der Waals surface area contributed by atoms with E-state index in [1.807, 2.05) is 0 Å². The van der Waals surface area contributed by atoms with Gasteiger partial charge in [-0.05, 0) is 62.8 Å². The second kappa shape index (κ2) is 4.85. The molecule has 2 aromatic carbocycles. The topological polar surface area (TPSA) is 30.9 Å². The third-order valence-corrected chi connectivity index (χ3v) is 4.63. The Morgan fingerprint density at radius 2 is 1.77 bits per heavy atom. The summed E-state index contributed by atoms with van der Waals surface area (Å²) in [5.74, 6) is 0.877. The molecule has 1 saturated carbocycles. The van der Waals surface area contributed by atoms with E-state index in [9.17, 15) is 0 Å². The summed E-state index contributed by atoms with van der Waals surface area (Å²) in [4.78, 5) is 0. The van der Waals surface area contributed by atoms with E-state index < -0.39 is 0 Å². The molecule has 0 spiro atoms. The summed E-state index contributed by atoms with van der Waals surface area (Å²) in [5.41, 5.74) is 10.1. The number of para-hydroxylation sites is 1. The predicted octanol–water partition coefficient (Wildman–Crippen LogP) is 4.48. The van der Waals surface area contributed by atoms with Crippen LogP contribution in [0.15, 0.2) is 42.5 Å². The van der Waals surface area contributed by atoms with Gasteiger partial charge in [0.05, 0.1) is 0 Å². The summed E-state index contributed by atoms with van der Waals surface area (Å²) in [6.45, 7) is 5.34. The Morgan fingerprint density at radius 3 is 2.50 bits per heavy atom. The van der Waals surface area contributed by atoms with Gasteiger partial charge in [-0.1, -0.05) is 24.3 Å². The molecule has 1 aromatic heterocycles. The van der Waals surface area contributed by atoms with Crippen molar-refractivity contribution >= 4 is 21.8 Å². The number of nitrogens with zero attached hydrogens (tertiary/aromatic N) is 1. The van der Waals surface area contributed by atoms with Gasteiger partial charge in [-0.2, -0.15) is 0 Å². The van der Waals surface area contributed by atoms with Gasteiger partial charge in [0.25, 0.3) is 0 Å². The van der Waals surface area contributed by atoms with Gasteiger partial charge in [0.1, 0.15) is 0 Å². The Bertz CT molecular complexity index is 832. The van der Waals surface area contributed by atoms with Gasteiger partial charge < -0.3 is 10.3 Å². The van der Waals surface area contributed by atoms with Crippen molar-refractivity contribution in [3.8, 4) is 0 Å². The Balaban J connectivity index is 1.90. The smallest absolute Gasteiger partial charge is 0.0491 e. The monoisotopic (exact) mass is 292 g/mol. The van der Waals surface area contributed by atoms with Gasteiger partial charge in [-0.25, -0.2) is 0 Å². The number of nitrogens with two attached hydrogens (primary N) is 1. The molecule has 0 atom stereocenters. The summed E-state index contributed by atoms with van der Waals surface area (Å²) >= 11 is 0. The second-order valence-corrected chi connectivity index (χ2v) is 7.59.